The first-order valence-corrected chi connectivity index (χ1v) is 5.79. The van der Waals surface area contributed by atoms with Gasteiger partial charge in [-0.25, -0.2) is 5.84 Å². The number of pyridine rings is 1. The molecule has 0 saturated carbocycles. The van der Waals surface area contributed by atoms with Crippen molar-refractivity contribution < 1.29 is 4.79 Å². The lowest BCUT2D eigenvalue weighted by Gasteiger charge is -2.07. The zero-order valence-corrected chi connectivity index (χ0v) is 10.8. The van der Waals surface area contributed by atoms with Crippen LogP contribution in [0.15, 0.2) is 41.3 Å². The smallest absolute Gasteiger partial charge is 0.266 e. The number of nitrogen functional groups attached to an aromatic ring is 1. The van der Waals surface area contributed by atoms with Crippen LogP contribution in [0, 0.1) is 11.3 Å². The monoisotopic (exact) mass is 268 g/mol. The Hall–Kier alpha value is -2.91. The van der Waals surface area contributed by atoms with Crippen molar-refractivity contribution in [3.8, 4) is 17.2 Å². The lowest BCUT2D eigenvalue weighted by molar-refractivity contribution is 0.0953. The molecule has 0 saturated heterocycles. The highest BCUT2D eigenvalue weighted by molar-refractivity contribution is 5.94. The molecular formula is C14H12N4O2. The molecule has 0 spiro atoms. The second-order valence-corrected chi connectivity index (χ2v) is 4.22. The van der Waals surface area contributed by atoms with Gasteiger partial charge >= 0.3 is 0 Å². The molecule has 20 heavy (non-hydrogen) atoms. The second kappa shape index (κ2) is 5.38. The number of carbonyl (C=O) groups is 1. The van der Waals surface area contributed by atoms with E-state index in [0.717, 1.165) is 0 Å². The minimum Gasteiger partial charge on any atom is -0.317 e. The molecule has 0 bridgehead atoms. The van der Waals surface area contributed by atoms with Crippen LogP contribution in [0.4, 0.5) is 0 Å². The number of amides is 1. The third-order valence-electron chi connectivity index (χ3n) is 2.90. The van der Waals surface area contributed by atoms with Crippen LogP contribution < -0.4 is 16.8 Å². The molecule has 1 heterocycles. The van der Waals surface area contributed by atoms with E-state index in [-0.39, 0.29) is 11.1 Å². The predicted molar refractivity (Wildman–Crippen MR) is 73.5 cm³/mol. The van der Waals surface area contributed by atoms with Gasteiger partial charge in [0.1, 0.15) is 0 Å². The third-order valence-corrected chi connectivity index (χ3v) is 2.90. The molecule has 0 fully saturated rings. The number of nitriles is 1. The number of rotatable bonds is 2. The minimum atomic E-state index is -0.476. The Labute approximate surface area is 115 Å². The van der Waals surface area contributed by atoms with Crippen molar-refractivity contribution in [2.75, 3.05) is 0 Å². The molecule has 1 aromatic carbocycles. The van der Waals surface area contributed by atoms with Gasteiger partial charge in [0.2, 0.25) is 0 Å². The fourth-order valence-electron chi connectivity index (χ4n) is 1.85. The average molecular weight is 268 g/mol. The van der Waals surface area contributed by atoms with Crippen LogP contribution in [0.2, 0.25) is 0 Å². The van der Waals surface area contributed by atoms with Gasteiger partial charge in [-0.1, -0.05) is 12.1 Å². The Morgan fingerprint density at radius 1 is 1.35 bits per heavy atom. The van der Waals surface area contributed by atoms with Gasteiger partial charge < -0.3 is 4.57 Å². The average Bonchev–Trinajstić information content (AvgIpc) is 2.49. The maximum Gasteiger partial charge on any atom is 0.266 e. The number of aryl methyl sites for hydroxylation is 1. The van der Waals surface area contributed by atoms with Gasteiger partial charge in [0.25, 0.3) is 11.5 Å². The molecular weight excluding hydrogens is 256 g/mol. The molecule has 6 nitrogen and oxygen atoms in total. The maximum absolute atomic E-state index is 12.1. The number of nitrogens with zero attached hydrogens (tertiary/aromatic N) is 2. The summed E-state index contributed by atoms with van der Waals surface area (Å²) in [4.78, 5) is 23.7. The Balaban J connectivity index is 2.60. The molecule has 1 amide bonds. The first-order valence-electron chi connectivity index (χ1n) is 5.79. The Kier molecular flexibility index (Phi) is 3.64. The minimum absolute atomic E-state index is 0.233. The maximum atomic E-state index is 12.1. The van der Waals surface area contributed by atoms with Crippen molar-refractivity contribution in [1.82, 2.24) is 9.99 Å². The Morgan fingerprint density at radius 2 is 2.00 bits per heavy atom. The molecule has 0 aliphatic heterocycles. The van der Waals surface area contributed by atoms with E-state index in [4.69, 9.17) is 11.1 Å². The summed E-state index contributed by atoms with van der Waals surface area (Å²) in [7, 11) is 1.56. The molecule has 3 N–H and O–H groups in total. The van der Waals surface area contributed by atoms with E-state index in [1.807, 2.05) is 11.5 Å². The molecule has 0 aliphatic carbocycles. The van der Waals surface area contributed by atoms with E-state index in [0.29, 0.717) is 16.7 Å². The van der Waals surface area contributed by atoms with Crippen LogP contribution in [-0.2, 0) is 7.05 Å². The van der Waals surface area contributed by atoms with Crippen molar-refractivity contribution in [2.24, 2.45) is 12.9 Å². The number of benzene rings is 1. The molecule has 100 valence electrons. The van der Waals surface area contributed by atoms with E-state index >= 15 is 0 Å². The normalized spacial score (nSPS) is 9.85. The predicted octanol–water partition coefficient (Wildman–Crippen LogP) is 0.527. The van der Waals surface area contributed by atoms with Crippen molar-refractivity contribution in [3.63, 3.8) is 0 Å². The van der Waals surface area contributed by atoms with Crippen LogP contribution in [-0.4, -0.2) is 10.5 Å². The first-order chi connectivity index (χ1) is 9.56. The number of hydrogen-bond acceptors (Lipinski definition) is 4. The van der Waals surface area contributed by atoms with Crippen molar-refractivity contribution in [3.05, 3.63) is 58.0 Å². The molecule has 1 aromatic heterocycles. The van der Waals surface area contributed by atoms with Gasteiger partial charge in [-0.15, -0.1) is 0 Å². The number of aromatic nitrogens is 1. The van der Waals surface area contributed by atoms with Crippen molar-refractivity contribution in [1.29, 1.82) is 5.26 Å². The van der Waals surface area contributed by atoms with Gasteiger partial charge in [-0.05, 0) is 23.8 Å². The fourth-order valence-corrected chi connectivity index (χ4v) is 1.85. The summed E-state index contributed by atoms with van der Waals surface area (Å²) >= 11 is 0. The number of carbonyl (C=O) groups excluding carboxylic acids is 1. The molecule has 0 unspecified atom stereocenters. The number of nitrogens with two attached hydrogens (primary N) is 1. The summed E-state index contributed by atoms with van der Waals surface area (Å²) in [6.45, 7) is 0. The van der Waals surface area contributed by atoms with E-state index in [9.17, 15) is 9.59 Å². The standard InChI is InChI=1S/C14H12N4O2/c1-18-8-11(13(19)17-16)6-12(14(18)20)10-4-2-9(7-15)3-5-10/h2-6,8H,16H2,1H3,(H,17,19). The highest BCUT2D eigenvalue weighted by Crippen LogP contribution is 2.17. The zero-order chi connectivity index (χ0) is 14.7. The lowest BCUT2D eigenvalue weighted by Crippen LogP contribution is -2.31. The van der Waals surface area contributed by atoms with Crippen molar-refractivity contribution >= 4 is 5.91 Å². The number of hydrogen-bond donors (Lipinski definition) is 2. The Morgan fingerprint density at radius 3 is 2.55 bits per heavy atom. The van der Waals surface area contributed by atoms with Crippen LogP contribution in [0.5, 0.6) is 0 Å². The van der Waals surface area contributed by atoms with Gasteiger partial charge in [-0.3, -0.25) is 15.0 Å². The highest BCUT2D eigenvalue weighted by atomic mass is 16.2. The molecule has 2 rings (SSSR count). The van der Waals surface area contributed by atoms with Crippen molar-refractivity contribution in [2.45, 2.75) is 0 Å². The van der Waals surface area contributed by atoms with Crippen LogP contribution in [0.25, 0.3) is 11.1 Å². The summed E-state index contributed by atoms with van der Waals surface area (Å²) in [6.07, 6.45) is 1.41. The number of nitrogens with one attached hydrogen (secondary N) is 1. The molecule has 0 radical (unpaired) electrons. The SMILES string of the molecule is Cn1cc(C(=O)NN)cc(-c2ccc(C#N)cc2)c1=O. The molecule has 0 atom stereocenters. The summed E-state index contributed by atoms with van der Waals surface area (Å²) in [5.41, 5.74) is 3.59. The van der Waals surface area contributed by atoms with Crippen LogP contribution >= 0.6 is 0 Å². The van der Waals surface area contributed by atoms with Crippen LogP contribution in [0.1, 0.15) is 15.9 Å². The quantitative estimate of drug-likeness (QED) is 0.471. The lowest BCUT2D eigenvalue weighted by atomic mass is 10.0. The second-order valence-electron chi connectivity index (χ2n) is 4.22. The van der Waals surface area contributed by atoms with E-state index in [1.165, 1.54) is 16.8 Å². The van der Waals surface area contributed by atoms with Gasteiger partial charge in [0.15, 0.2) is 0 Å². The van der Waals surface area contributed by atoms with Gasteiger partial charge in [0.05, 0.1) is 17.2 Å². The number of hydrazine groups is 1. The topological polar surface area (TPSA) is 101 Å². The fraction of sp³-hybridized carbons (Fsp3) is 0.0714. The van der Waals surface area contributed by atoms with E-state index in [2.05, 4.69) is 0 Å². The summed E-state index contributed by atoms with van der Waals surface area (Å²) in [5, 5.41) is 8.76. The van der Waals surface area contributed by atoms with Gasteiger partial charge in [0, 0.05) is 18.8 Å². The zero-order valence-electron chi connectivity index (χ0n) is 10.8. The van der Waals surface area contributed by atoms with Gasteiger partial charge in [-0.2, -0.15) is 5.26 Å². The molecule has 6 heteroatoms. The largest absolute Gasteiger partial charge is 0.317 e. The third kappa shape index (κ3) is 2.43. The highest BCUT2D eigenvalue weighted by Gasteiger charge is 2.11. The Bertz CT molecular complexity index is 754. The summed E-state index contributed by atoms with van der Waals surface area (Å²) < 4.78 is 1.32. The first kappa shape index (κ1) is 13.5. The summed E-state index contributed by atoms with van der Waals surface area (Å²) in [6, 6.07) is 10.0. The van der Waals surface area contributed by atoms with Crippen LogP contribution in [0.3, 0.4) is 0 Å². The summed E-state index contributed by atoms with van der Waals surface area (Å²) in [5.74, 6) is 4.62. The van der Waals surface area contributed by atoms with E-state index in [1.54, 1.807) is 31.3 Å². The molecule has 0 aliphatic rings. The molecule has 2 aromatic rings. The van der Waals surface area contributed by atoms with E-state index < -0.39 is 5.91 Å².